The molecule has 8 nitrogen and oxygen atoms in total. The number of halogens is 1. The second kappa shape index (κ2) is 10.3. The topological polar surface area (TPSA) is 97.3 Å². The highest BCUT2D eigenvalue weighted by atomic mass is 32.2. The van der Waals surface area contributed by atoms with Crippen LogP contribution >= 0.6 is 0 Å². The highest BCUT2D eigenvalue weighted by molar-refractivity contribution is 7.89. The average molecular weight is 478 g/mol. The third kappa shape index (κ3) is 5.69. The van der Waals surface area contributed by atoms with Crippen molar-refractivity contribution in [2.75, 3.05) is 18.4 Å². The first-order chi connectivity index (χ1) is 15.6. The number of nitrogens with one attached hydrogen (secondary N) is 1. The molecule has 1 amide bonds. The molecule has 1 heterocycles. The molecular formula is C23H28FN3O5S. The van der Waals surface area contributed by atoms with Crippen molar-refractivity contribution in [3.05, 3.63) is 53.8 Å². The van der Waals surface area contributed by atoms with Crippen LogP contribution in [0.1, 0.15) is 39.7 Å². The zero-order valence-electron chi connectivity index (χ0n) is 19.0. The van der Waals surface area contributed by atoms with Gasteiger partial charge in [0, 0.05) is 25.1 Å². The fourth-order valence-electron chi connectivity index (χ4n) is 3.41. The monoisotopic (exact) mass is 477 g/mol. The van der Waals surface area contributed by atoms with E-state index in [0.29, 0.717) is 30.1 Å². The Balaban J connectivity index is 1.83. The number of amides is 1. The molecule has 0 aromatic heterocycles. The van der Waals surface area contributed by atoms with Gasteiger partial charge in [-0.05, 0) is 44.2 Å². The first kappa shape index (κ1) is 24.7. The van der Waals surface area contributed by atoms with E-state index in [4.69, 9.17) is 9.57 Å². The Kier molecular flexibility index (Phi) is 7.70. The van der Waals surface area contributed by atoms with Gasteiger partial charge < -0.3 is 14.9 Å². The van der Waals surface area contributed by atoms with Gasteiger partial charge in [0.1, 0.15) is 11.6 Å². The number of hydrogen-bond donors (Lipinski definition) is 1. The second-order valence-corrected chi connectivity index (χ2v) is 9.69. The molecule has 2 aromatic rings. The molecule has 1 atom stereocenters. The predicted molar refractivity (Wildman–Crippen MR) is 123 cm³/mol. The molecule has 1 N–H and O–H groups in total. The standard InChI is InChI=1S/C23H28FN3O5S/c1-5-27(6-2)33(29,30)18-10-11-21(31-15(3)4)20(13-18)25-23(28)22-14-19(26-32-22)16-8-7-9-17(24)12-16/h7-13,15,22H,5-6,14H2,1-4H3,(H,25,28). The molecule has 2 aromatic carbocycles. The van der Waals surface area contributed by atoms with Crippen LogP contribution in [0.5, 0.6) is 5.75 Å². The van der Waals surface area contributed by atoms with E-state index >= 15 is 0 Å². The zero-order chi connectivity index (χ0) is 24.2. The fourth-order valence-corrected chi connectivity index (χ4v) is 4.89. The van der Waals surface area contributed by atoms with Gasteiger partial charge in [-0.25, -0.2) is 12.8 Å². The smallest absolute Gasteiger partial charge is 0.268 e. The average Bonchev–Trinajstić information content (AvgIpc) is 3.26. The Hall–Kier alpha value is -2.98. The molecule has 0 saturated carbocycles. The molecule has 1 unspecified atom stereocenters. The molecule has 10 heteroatoms. The highest BCUT2D eigenvalue weighted by Gasteiger charge is 2.30. The lowest BCUT2D eigenvalue weighted by atomic mass is 10.0. The summed E-state index contributed by atoms with van der Waals surface area (Å²) in [6.07, 6.45) is -0.998. The first-order valence-electron chi connectivity index (χ1n) is 10.8. The molecule has 0 spiro atoms. The summed E-state index contributed by atoms with van der Waals surface area (Å²) in [4.78, 5) is 18.2. The van der Waals surface area contributed by atoms with Gasteiger partial charge in [0.15, 0.2) is 0 Å². The van der Waals surface area contributed by atoms with Gasteiger partial charge in [-0.3, -0.25) is 4.79 Å². The van der Waals surface area contributed by atoms with Crippen LogP contribution in [0.15, 0.2) is 52.5 Å². The SMILES string of the molecule is CCN(CC)S(=O)(=O)c1ccc(OC(C)C)c(NC(=O)C2CC(c3cccc(F)c3)=NO2)c1. The van der Waals surface area contributed by atoms with Crippen molar-refractivity contribution in [2.45, 2.75) is 51.2 Å². The number of nitrogens with zero attached hydrogens (tertiary/aromatic N) is 2. The van der Waals surface area contributed by atoms with Crippen LogP contribution in [0.4, 0.5) is 10.1 Å². The van der Waals surface area contributed by atoms with Crippen molar-refractivity contribution >= 4 is 27.3 Å². The molecule has 178 valence electrons. The summed E-state index contributed by atoms with van der Waals surface area (Å²) in [6, 6.07) is 10.2. The van der Waals surface area contributed by atoms with Gasteiger partial charge >= 0.3 is 0 Å². The Bertz CT molecular complexity index is 1150. The van der Waals surface area contributed by atoms with E-state index < -0.39 is 27.9 Å². The minimum Gasteiger partial charge on any atom is -0.489 e. The van der Waals surface area contributed by atoms with Gasteiger partial charge in [-0.1, -0.05) is 31.1 Å². The maximum atomic E-state index is 13.5. The van der Waals surface area contributed by atoms with Crippen molar-refractivity contribution in [3.63, 3.8) is 0 Å². The molecule has 33 heavy (non-hydrogen) atoms. The van der Waals surface area contributed by atoms with Gasteiger partial charge in [0.25, 0.3) is 5.91 Å². The quantitative estimate of drug-likeness (QED) is 0.593. The molecular weight excluding hydrogens is 449 g/mol. The van der Waals surface area contributed by atoms with Crippen LogP contribution in [0.3, 0.4) is 0 Å². The van der Waals surface area contributed by atoms with Crippen LogP contribution in [-0.4, -0.2) is 49.6 Å². The van der Waals surface area contributed by atoms with Gasteiger partial charge in [-0.2, -0.15) is 4.31 Å². The molecule has 0 bridgehead atoms. The highest BCUT2D eigenvalue weighted by Crippen LogP contribution is 2.31. The van der Waals surface area contributed by atoms with Crippen LogP contribution in [0.25, 0.3) is 0 Å². The van der Waals surface area contributed by atoms with E-state index in [9.17, 15) is 17.6 Å². The first-order valence-corrected chi connectivity index (χ1v) is 12.2. The number of carbonyl (C=O) groups is 1. The molecule has 0 saturated heterocycles. The van der Waals surface area contributed by atoms with Crippen molar-refractivity contribution < 1.29 is 27.2 Å². The van der Waals surface area contributed by atoms with E-state index in [-0.39, 0.29) is 23.1 Å². The molecule has 1 aliphatic heterocycles. The van der Waals surface area contributed by atoms with Gasteiger partial charge in [0.2, 0.25) is 16.1 Å². The predicted octanol–water partition coefficient (Wildman–Crippen LogP) is 3.78. The van der Waals surface area contributed by atoms with Gasteiger partial charge in [0.05, 0.1) is 22.4 Å². The summed E-state index contributed by atoms with van der Waals surface area (Å²) in [5, 5.41) is 6.63. The number of benzene rings is 2. The molecule has 0 fully saturated rings. The normalized spacial score (nSPS) is 16.0. The van der Waals surface area contributed by atoms with E-state index in [1.165, 1.54) is 34.6 Å². The van der Waals surface area contributed by atoms with Crippen molar-refractivity contribution in [2.24, 2.45) is 5.16 Å². The molecule has 0 radical (unpaired) electrons. The third-order valence-electron chi connectivity index (χ3n) is 5.03. The number of anilines is 1. The lowest BCUT2D eigenvalue weighted by Gasteiger charge is -2.21. The number of rotatable bonds is 9. The van der Waals surface area contributed by atoms with Crippen LogP contribution < -0.4 is 10.1 Å². The van der Waals surface area contributed by atoms with Crippen molar-refractivity contribution in [3.8, 4) is 5.75 Å². The largest absolute Gasteiger partial charge is 0.489 e. The number of oxime groups is 1. The Morgan fingerprint density at radius 2 is 1.97 bits per heavy atom. The molecule has 1 aliphatic rings. The maximum absolute atomic E-state index is 13.5. The minimum atomic E-state index is -3.74. The minimum absolute atomic E-state index is 0.0432. The van der Waals surface area contributed by atoms with Crippen molar-refractivity contribution in [1.29, 1.82) is 0 Å². The lowest BCUT2D eigenvalue weighted by Crippen LogP contribution is -2.31. The number of hydrogen-bond acceptors (Lipinski definition) is 6. The fraction of sp³-hybridized carbons (Fsp3) is 0.391. The van der Waals surface area contributed by atoms with E-state index in [2.05, 4.69) is 10.5 Å². The summed E-state index contributed by atoms with van der Waals surface area (Å²) in [5.74, 6) is -0.595. The summed E-state index contributed by atoms with van der Waals surface area (Å²) in [6.45, 7) is 7.81. The molecule has 0 aliphatic carbocycles. The van der Waals surface area contributed by atoms with E-state index in [1.807, 2.05) is 13.8 Å². The lowest BCUT2D eigenvalue weighted by molar-refractivity contribution is -0.125. The summed E-state index contributed by atoms with van der Waals surface area (Å²) in [7, 11) is -3.74. The Morgan fingerprint density at radius 3 is 2.61 bits per heavy atom. The Labute approximate surface area is 193 Å². The van der Waals surface area contributed by atoms with Gasteiger partial charge in [-0.15, -0.1) is 0 Å². The summed E-state index contributed by atoms with van der Waals surface area (Å²) >= 11 is 0. The van der Waals surface area contributed by atoms with Crippen molar-refractivity contribution in [1.82, 2.24) is 4.31 Å². The third-order valence-corrected chi connectivity index (χ3v) is 7.08. The van der Waals surface area contributed by atoms with Crippen LogP contribution in [0.2, 0.25) is 0 Å². The van der Waals surface area contributed by atoms with E-state index in [0.717, 1.165) is 0 Å². The van der Waals surface area contributed by atoms with Crippen LogP contribution in [-0.2, 0) is 19.7 Å². The number of ether oxygens (including phenoxy) is 1. The summed E-state index contributed by atoms with van der Waals surface area (Å²) in [5.41, 5.74) is 1.19. The maximum Gasteiger partial charge on any atom is 0.268 e. The van der Waals surface area contributed by atoms with Crippen LogP contribution in [0, 0.1) is 5.82 Å². The number of carbonyl (C=O) groups excluding carboxylic acids is 1. The Morgan fingerprint density at radius 1 is 1.24 bits per heavy atom. The summed E-state index contributed by atoms with van der Waals surface area (Å²) < 4.78 is 46.5. The molecule has 3 rings (SSSR count). The number of sulfonamides is 1. The zero-order valence-corrected chi connectivity index (χ0v) is 19.9. The van der Waals surface area contributed by atoms with E-state index in [1.54, 1.807) is 26.0 Å². The second-order valence-electron chi connectivity index (χ2n) is 7.75.